The second kappa shape index (κ2) is 8.02. The van der Waals surface area contributed by atoms with Crippen molar-refractivity contribution in [2.24, 2.45) is 0 Å². The van der Waals surface area contributed by atoms with E-state index in [-0.39, 0.29) is 5.75 Å². The summed E-state index contributed by atoms with van der Waals surface area (Å²) in [4.78, 5) is 2.11. The zero-order chi connectivity index (χ0) is 13.4. The van der Waals surface area contributed by atoms with Crippen LogP contribution >= 0.6 is 0 Å². The lowest BCUT2D eigenvalue weighted by Gasteiger charge is -2.21. The van der Waals surface area contributed by atoms with Gasteiger partial charge in [0, 0.05) is 33.9 Å². The van der Waals surface area contributed by atoms with Crippen LogP contribution < -0.4 is 0 Å². The Hall–Kier alpha value is -1.17. The Morgan fingerprint density at radius 2 is 1.78 bits per heavy atom. The summed E-state index contributed by atoms with van der Waals surface area (Å²) in [5.41, 5.74) is 0.817. The van der Waals surface area contributed by atoms with Crippen LogP contribution in [-0.2, 0) is 16.0 Å². The number of hydrogen-bond donors (Lipinski definition) is 1. The minimum atomic E-state index is -0.592. The minimum absolute atomic E-state index is 0.320. The van der Waals surface area contributed by atoms with E-state index < -0.39 is 5.82 Å². The smallest absolute Gasteiger partial charge is 0.165 e. The van der Waals surface area contributed by atoms with Crippen LogP contribution in [0.3, 0.4) is 0 Å². The van der Waals surface area contributed by atoms with Crippen LogP contribution in [-0.4, -0.2) is 50.5 Å². The number of rotatable bonds is 8. The standard InChI is InChI=1S/C13H20FNO3/c1-17-7-5-15(6-8-18-2)10-11-3-4-13(16)12(14)9-11/h3-4,9,16H,5-8,10H2,1-2H3. The molecule has 18 heavy (non-hydrogen) atoms. The SMILES string of the molecule is COCCN(CCOC)Cc1ccc(O)c(F)c1. The highest BCUT2D eigenvalue weighted by Gasteiger charge is 2.08. The highest BCUT2D eigenvalue weighted by atomic mass is 19.1. The normalized spacial score (nSPS) is 11.1. The van der Waals surface area contributed by atoms with Gasteiger partial charge in [-0.1, -0.05) is 6.07 Å². The first-order valence-electron chi connectivity index (χ1n) is 5.85. The summed E-state index contributed by atoms with van der Waals surface area (Å²) in [5, 5.41) is 9.13. The molecule has 0 spiro atoms. The number of hydrogen-bond acceptors (Lipinski definition) is 4. The van der Waals surface area contributed by atoms with Gasteiger partial charge in [-0.2, -0.15) is 0 Å². The van der Waals surface area contributed by atoms with Crippen molar-refractivity contribution in [3.63, 3.8) is 0 Å². The molecule has 5 heteroatoms. The molecule has 1 N–H and O–H groups in total. The lowest BCUT2D eigenvalue weighted by Crippen LogP contribution is -2.30. The maximum absolute atomic E-state index is 13.2. The Balaban J connectivity index is 2.59. The predicted molar refractivity (Wildman–Crippen MR) is 67.1 cm³/mol. The number of methoxy groups -OCH3 is 2. The molecule has 0 radical (unpaired) electrons. The molecule has 1 aromatic carbocycles. The Kier molecular flexibility index (Phi) is 6.64. The number of nitrogens with zero attached hydrogens (tertiary/aromatic N) is 1. The van der Waals surface area contributed by atoms with Crippen LogP contribution in [0.1, 0.15) is 5.56 Å². The zero-order valence-electron chi connectivity index (χ0n) is 10.9. The van der Waals surface area contributed by atoms with Crippen molar-refractivity contribution in [1.82, 2.24) is 4.90 Å². The molecule has 1 aromatic rings. The third-order valence-corrected chi connectivity index (χ3v) is 2.64. The molecule has 4 nitrogen and oxygen atoms in total. The molecule has 102 valence electrons. The van der Waals surface area contributed by atoms with Gasteiger partial charge >= 0.3 is 0 Å². The van der Waals surface area contributed by atoms with E-state index in [1.165, 1.54) is 12.1 Å². The Bertz CT molecular complexity index is 352. The average Bonchev–Trinajstić information content (AvgIpc) is 2.37. The van der Waals surface area contributed by atoms with Gasteiger partial charge < -0.3 is 14.6 Å². The van der Waals surface area contributed by atoms with Gasteiger partial charge in [0.05, 0.1) is 13.2 Å². The molecular formula is C13H20FNO3. The maximum atomic E-state index is 13.2. The predicted octanol–water partition coefficient (Wildman–Crippen LogP) is 1.63. The average molecular weight is 257 g/mol. The van der Waals surface area contributed by atoms with Gasteiger partial charge in [0.1, 0.15) is 0 Å². The first-order chi connectivity index (χ1) is 8.67. The molecule has 0 aliphatic rings. The maximum Gasteiger partial charge on any atom is 0.165 e. The molecule has 0 saturated carbocycles. The van der Waals surface area contributed by atoms with E-state index in [1.54, 1.807) is 20.3 Å². The van der Waals surface area contributed by atoms with E-state index in [4.69, 9.17) is 14.6 Å². The molecule has 1 rings (SSSR count). The van der Waals surface area contributed by atoms with Crippen LogP contribution in [0.2, 0.25) is 0 Å². The molecule has 0 aliphatic carbocycles. The van der Waals surface area contributed by atoms with Gasteiger partial charge in [0.15, 0.2) is 11.6 Å². The van der Waals surface area contributed by atoms with E-state index in [1.807, 2.05) is 0 Å². The molecule has 0 heterocycles. The van der Waals surface area contributed by atoms with Gasteiger partial charge in [-0.3, -0.25) is 4.90 Å². The van der Waals surface area contributed by atoms with Crippen LogP contribution in [0.15, 0.2) is 18.2 Å². The molecule has 0 atom stereocenters. The highest BCUT2D eigenvalue weighted by Crippen LogP contribution is 2.17. The van der Waals surface area contributed by atoms with Gasteiger partial charge in [-0.05, 0) is 17.7 Å². The van der Waals surface area contributed by atoms with Crippen molar-refractivity contribution in [2.45, 2.75) is 6.54 Å². The largest absolute Gasteiger partial charge is 0.505 e. The first kappa shape index (κ1) is 14.9. The minimum Gasteiger partial charge on any atom is -0.505 e. The number of ether oxygens (including phenoxy) is 2. The van der Waals surface area contributed by atoms with Crippen molar-refractivity contribution in [1.29, 1.82) is 0 Å². The number of phenols is 1. The summed E-state index contributed by atoms with van der Waals surface area (Å²) < 4.78 is 23.3. The molecular weight excluding hydrogens is 237 g/mol. The van der Waals surface area contributed by atoms with E-state index >= 15 is 0 Å². The van der Waals surface area contributed by atoms with E-state index in [2.05, 4.69) is 4.90 Å². The number of aromatic hydroxyl groups is 1. The van der Waals surface area contributed by atoms with Gasteiger partial charge in [0.2, 0.25) is 0 Å². The second-order valence-corrected chi connectivity index (χ2v) is 4.05. The zero-order valence-corrected chi connectivity index (χ0v) is 10.9. The molecule has 0 bridgehead atoms. The highest BCUT2D eigenvalue weighted by molar-refractivity contribution is 5.27. The summed E-state index contributed by atoms with van der Waals surface area (Å²) in [5.74, 6) is -0.912. The lowest BCUT2D eigenvalue weighted by atomic mass is 10.2. The van der Waals surface area contributed by atoms with E-state index in [0.29, 0.717) is 19.8 Å². The molecule has 0 amide bonds. The van der Waals surface area contributed by atoms with Crippen molar-refractivity contribution in [2.75, 3.05) is 40.5 Å². The molecule has 0 fully saturated rings. The van der Waals surface area contributed by atoms with Crippen molar-refractivity contribution in [3.8, 4) is 5.75 Å². The fraction of sp³-hybridized carbons (Fsp3) is 0.538. The number of benzene rings is 1. The lowest BCUT2D eigenvalue weighted by molar-refractivity contribution is 0.110. The first-order valence-corrected chi connectivity index (χ1v) is 5.85. The molecule has 0 aromatic heterocycles. The Morgan fingerprint density at radius 3 is 2.28 bits per heavy atom. The van der Waals surface area contributed by atoms with Crippen LogP contribution in [0.4, 0.5) is 4.39 Å². The van der Waals surface area contributed by atoms with E-state index in [0.717, 1.165) is 18.7 Å². The topological polar surface area (TPSA) is 41.9 Å². The quantitative estimate of drug-likeness (QED) is 0.768. The fourth-order valence-corrected chi connectivity index (χ4v) is 1.62. The van der Waals surface area contributed by atoms with E-state index in [9.17, 15) is 4.39 Å². The van der Waals surface area contributed by atoms with Gasteiger partial charge in [-0.15, -0.1) is 0 Å². The van der Waals surface area contributed by atoms with Crippen molar-refractivity contribution < 1.29 is 19.0 Å². The van der Waals surface area contributed by atoms with Gasteiger partial charge in [-0.25, -0.2) is 4.39 Å². The number of phenolic OH excluding ortho intramolecular Hbond substituents is 1. The van der Waals surface area contributed by atoms with Crippen LogP contribution in [0.25, 0.3) is 0 Å². The molecule has 0 aliphatic heterocycles. The third kappa shape index (κ3) is 5.00. The van der Waals surface area contributed by atoms with Crippen molar-refractivity contribution in [3.05, 3.63) is 29.6 Å². The third-order valence-electron chi connectivity index (χ3n) is 2.64. The summed E-state index contributed by atoms with van der Waals surface area (Å²) in [6.07, 6.45) is 0. The molecule has 0 saturated heterocycles. The van der Waals surface area contributed by atoms with Gasteiger partial charge in [0.25, 0.3) is 0 Å². The summed E-state index contributed by atoms with van der Waals surface area (Å²) in [6.45, 7) is 3.34. The van der Waals surface area contributed by atoms with Crippen molar-refractivity contribution >= 4 is 0 Å². The summed E-state index contributed by atoms with van der Waals surface area (Å²) >= 11 is 0. The van der Waals surface area contributed by atoms with Crippen LogP contribution in [0.5, 0.6) is 5.75 Å². The summed E-state index contributed by atoms with van der Waals surface area (Å²) in [6, 6.07) is 4.43. The monoisotopic (exact) mass is 257 g/mol. The Labute approximate surface area is 107 Å². The second-order valence-electron chi connectivity index (χ2n) is 4.05. The van der Waals surface area contributed by atoms with Crippen LogP contribution in [0, 0.1) is 5.82 Å². The Morgan fingerprint density at radius 1 is 1.17 bits per heavy atom. The molecule has 0 unspecified atom stereocenters. The summed E-state index contributed by atoms with van der Waals surface area (Å²) in [7, 11) is 3.30. The fourth-order valence-electron chi connectivity index (χ4n) is 1.62. The number of halogens is 1.